The van der Waals surface area contributed by atoms with Gasteiger partial charge in [-0.25, -0.2) is 0 Å². The molecule has 0 spiro atoms. The van der Waals surface area contributed by atoms with Gasteiger partial charge in [-0.3, -0.25) is 4.98 Å². The van der Waals surface area contributed by atoms with Gasteiger partial charge in [0.15, 0.2) is 0 Å². The van der Waals surface area contributed by atoms with Crippen LogP contribution in [0, 0.1) is 0 Å². The minimum Gasteiger partial charge on any atom is -0.362 e. The number of hydrogen-bond donors (Lipinski definition) is 1. The van der Waals surface area contributed by atoms with Crippen molar-refractivity contribution < 1.29 is 0 Å². The van der Waals surface area contributed by atoms with Crippen LogP contribution in [0.1, 0.15) is 11.3 Å². The molecule has 0 aliphatic carbocycles. The standard InChI is InChI=1S/C15H15N2P/c1-18(2)15(14-9-5-6-10-16-14)11-12-7-3-4-8-13(12)17-18/h3-11,17H,1H2,2H3. The summed E-state index contributed by atoms with van der Waals surface area (Å²) in [6, 6.07) is 14.3. The third-order valence-electron chi connectivity index (χ3n) is 3.08. The zero-order valence-electron chi connectivity index (χ0n) is 10.3. The first-order valence-electron chi connectivity index (χ1n) is 5.89. The molecule has 0 amide bonds. The number of fused-ring (bicyclic) bond motifs is 1. The molecular formula is C15H15N2P. The van der Waals surface area contributed by atoms with Gasteiger partial charge in [-0.1, -0.05) is 30.6 Å². The fourth-order valence-electron chi connectivity index (χ4n) is 2.18. The second-order valence-corrected chi connectivity index (χ2v) is 7.72. The second kappa shape index (κ2) is 4.15. The van der Waals surface area contributed by atoms with Crippen molar-refractivity contribution in [3.05, 3.63) is 59.9 Å². The molecule has 0 saturated heterocycles. The average molecular weight is 254 g/mol. The maximum atomic E-state index is 4.45. The van der Waals surface area contributed by atoms with Gasteiger partial charge in [-0.2, -0.15) is 0 Å². The van der Waals surface area contributed by atoms with Crippen LogP contribution < -0.4 is 5.09 Å². The first kappa shape index (κ1) is 11.3. The molecule has 1 aliphatic heterocycles. The Kier molecular flexibility index (Phi) is 2.61. The first-order valence-corrected chi connectivity index (χ1v) is 8.31. The minimum absolute atomic E-state index is 1.02. The van der Waals surface area contributed by atoms with E-state index in [2.05, 4.69) is 47.3 Å². The lowest BCUT2D eigenvalue weighted by atomic mass is 10.1. The molecular weight excluding hydrogens is 239 g/mol. The van der Waals surface area contributed by atoms with E-state index in [1.165, 1.54) is 16.6 Å². The fraction of sp³-hybridized carbons (Fsp3) is 0.0667. The Bertz CT molecular complexity index is 659. The zero-order valence-corrected chi connectivity index (χ0v) is 11.2. The maximum Gasteiger partial charge on any atom is 0.0722 e. The summed E-state index contributed by atoms with van der Waals surface area (Å²) >= 11 is 0. The van der Waals surface area contributed by atoms with Crippen LogP contribution in [0.15, 0.2) is 48.7 Å². The van der Waals surface area contributed by atoms with E-state index in [9.17, 15) is 0 Å². The van der Waals surface area contributed by atoms with Crippen LogP contribution in [-0.2, 0) is 0 Å². The van der Waals surface area contributed by atoms with Crippen LogP contribution in [0.3, 0.4) is 0 Å². The molecule has 1 atom stereocenters. The lowest BCUT2D eigenvalue weighted by Gasteiger charge is -2.30. The normalized spacial score (nSPS) is 21.7. The van der Waals surface area contributed by atoms with E-state index in [1.807, 2.05) is 30.5 Å². The van der Waals surface area contributed by atoms with Crippen molar-refractivity contribution in [1.82, 2.24) is 4.98 Å². The molecule has 18 heavy (non-hydrogen) atoms. The van der Waals surface area contributed by atoms with Crippen LogP contribution in [0.25, 0.3) is 11.4 Å². The average Bonchev–Trinajstić information content (AvgIpc) is 2.38. The van der Waals surface area contributed by atoms with Gasteiger partial charge in [0, 0.05) is 17.2 Å². The Morgan fingerprint density at radius 2 is 1.89 bits per heavy atom. The third-order valence-corrected chi connectivity index (χ3v) is 5.24. The molecule has 0 saturated carbocycles. The molecule has 90 valence electrons. The maximum absolute atomic E-state index is 4.45. The van der Waals surface area contributed by atoms with Crippen molar-refractivity contribution in [2.24, 2.45) is 0 Å². The largest absolute Gasteiger partial charge is 0.362 e. The number of nitrogens with one attached hydrogen (secondary N) is 1. The van der Waals surface area contributed by atoms with Gasteiger partial charge in [0.25, 0.3) is 0 Å². The van der Waals surface area contributed by atoms with Gasteiger partial charge in [0.1, 0.15) is 0 Å². The smallest absolute Gasteiger partial charge is 0.0722 e. The van der Waals surface area contributed by atoms with E-state index in [0.717, 1.165) is 5.69 Å². The molecule has 1 aromatic heterocycles. The fourth-order valence-corrected chi connectivity index (χ4v) is 4.10. The molecule has 1 aliphatic rings. The monoisotopic (exact) mass is 254 g/mol. The van der Waals surface area contributed by atoms with Gasteiger partial charge < -0.3 is 5.09 Å². The Morgan fingerprint density at radius 1 is 1.11 bits per heavy atom. The van der Waals surface area contributed by atoms with Crippen LogP contribution in [0.2, 0.25) is 0 Å². The van der Waals surface area contributed by atoms with Crippen LogP contribution in [0.4, 0.5) is 5.69 Å². The summed E-state index contributed by atoms with van der Waals surface area (Å²) in [6.07, 6.45) is 8.43. The number of pyridine rings is 1. The molecule has 1 N–H and O–H groups in total. The number of hydrogen-bond acceptors (Lipinski definition) is 2. The molecule has 3 heteroatoms. The Labute approximate surface area is 107 Å². The summed E-state index contributed by atoms with van der Waals surface area (Å²) in [5.74, 6) is 0. The topological polar surface area (TPSA) is 24.9 Å². The molecule has 2 nitrogen and oxygen atoms in total. The van der Waals surface area contributed by atoms with E-state index < -0.39 is 7.04 Å². The molecule has 0 fully saturated rings. The third kappa shape index (κ3) is 1.89. The summed E-state index contributed by atoms with van der Waals surface area (Å²) in [6.45, 7) is 2.18. The Balaban J connectivity index is 2.19. The quantitative estimate of drug-likeness (QED) is 0.778. The minimum atomic E-state index is -1.60. The van der Waals surface area contributed by atoms with E-state index in [4.69, 9.17) is 0 Å². The number of nitrogens with zero attached hydrogens (tertiary/aromatic N) is 1. The second-order valence-electron chi connectivity index (χ2n) is 4.64. The summed E-state index contributed by atoms with van der Waals surface area (Å²) < 4.78 is 0. The predicted molar refractivity (Wildman–Crippen MR) is 82.1 cm³/mol. The van der Waals surface area contributed by atoms with Crippen molar-refractivity contribution in [1.29, 1.82) is 0 Å². The van der Waals surface area contributed by atoms with Crippen LogP contribution in [-0.4, -0.2) is 17.9 Å². The van der Waals surface area contributed by atoms with Crippen LogP contribution >= 0.6 is 7.04 Å². The van der Waals surface area contributed by atoms with Crippen molar-refractivity contribution >= 4 is 30.4 Å². The SMILES string of the molecule is C=P1(C)Nc2ccccc2C=C1c1ccccn1. The molecule has 0 radical (unpaired) electrons. The molecule has 0 bridgehead atoms. The van der Waals surface area contributed by atoms with Crippen molar-refractivity contribution in [3.8, 4) is 0 Å². The van der Waals surface area contributed by atoms with Gasteiger partial charge >= 0.3 is 0 Å². The molecule has 1 unspecified atom stereocenters. The summed E-state index contributed by atoms with van der Waals surface area (Å²) in [4.78, 5) is 4.45. The number of rotatable bonds is 1. The molecule has 3 rings (SSSR count). The lowest BCUT2D eigenvalue weighted by Crippen LogP contribution is -2.05. The highest BCUT2D eigenvalue weighted by Gasteiger charge is 2.22. The summed E-state index contributed by atoms with van der Waals surface area (Å²) in [5, 5.41) is 4.80. The highest BCUT2D eigenvalue weighted by molar-refractivity contribution is 7.84. The van der Waals surface area contributed by atoms with Gasteiger partial charge in [0.2, 0.25) is 0 Å². The van der Waals surface area contributed by atoms with Gasteiger partial charge in [-0.15, -0.1) is 0 Å². The van der Waals surface area contributed by atoms with Gasteiger partial charge in [0.05, 0.1) is 5.69 Å². The van der Waals surface area contributed by atoms with Crippen molar-refractivity contribution in [2.75, 3.05) is 11.8 Å². The highest BCUT2D eigenvalue weighted by atomic mass is 31.2. The Morgan fingerprint density at radius 3 is 2.67 bits per heavy atom. The Hall–Kier alpha value is -1.79. The van der Waals surface area contributed by atoms with E-state index in [-0.39, 0.29) is 0 Å². The van der Waals surface area contributed by atoms with E-state index in [1.54, 1.807) is 0 Å². The zero-order chi connectivity index (χ0) is 12.6. The van der Waals surface area contributed by atoms with Crippen LogP contribution in [0.5, 0.6) is 0 Å². The molecule has 2 heterocycles. The first-order chi connectivity index (χ1) is 8.67. The van der Waals surface area contributed by atoms with Gasteiger partial charge in [-0.05, 0) is 43.5 Å². The molecule has 2 aromatic rings. The highest BCUT2D eigenvalue weighted by Crippen LogP contribution is 2.58. The molecule has 1 aromatic carbocycles. The van der Waals surface area contributed by atoms with E-state index in [0.29, 0.717) is 0 Å². The number of anilines is 1. The summed E-state index contributed by atoms with van der Waals surface area (Å²) in [7, 11) is -1.60. The number of benzene rings is 1. The predicted octanol–water partition coefficient (Wildman–Crippen LogP) is 4.00. The lowest BCUT2D eigenvalue weighted by molar-refractivity contribution is 1.29. The van der Waals surface area contributed by atoms with E-state index >= 15 is 0 Å². The van der Waals surface area contributed by atoms with Crippen molar-refractivity contribution in [2.45, 2.75) is 0 Å². The summed E-state index contributed by atoms with van der Waals surface area (Å²) in [5.41, 5.74) is 3.40. The van der Waals surface area contributed by atoms with Crippen molar-refractivity contribution in [3.63, 3.8) is 0 Å². The number of aromatic nitrogens is 1. The number of para-hydroxylation sites is 1.